The van der Waals surface area contributed by atoms with E-state index in [-0.39, 0.29) is 10.8 Å². The molecule has 0 aliphatic heterocycles. The maximum atomic E-state index is 6.25. The molecule has 0 spiro atoms. The zero-order valence-corrected chi connectivity index (χ0v) is 11.9. The summed E-state index contributed by atoms with van der Waals surface area (Å²) in [6, 6.07) is 0.741. The van der Waals surface area contributed by atoms with E-state index in [0.29, 0.717) is 5.41 Å². The third-order valence-electron chi connectivity index (χ3n) is 4.80. The minimum Gasteiger partial charge on any atom is -0.306 e. The molecule has 5 unspecified atom stereocenters. The number of allylic oxidation sites excluding steroid dienone is 4. The van der Waals surface area contributed by atoms with Crippen molar-refractivity contribution < 1.29 is 0 Å². The lowest BCUT2D eigenvalue weighted by molar-refractivity contribution is 0.271. The van der Waals surface area contributed by atoms with Gasteiger partial charge in [-0.1, -0.05) is 18.2 Å². The average Bonchev–Trinajstić information content (AvgIpc) is 2.85. The van der Waals surface area contributed by atoms with Crippen molar-refractivity contribution in [1.82, 2.24) is 4.90 Å². The summed E-state index contributed by atoms with van der Waals surface area (Å²) in [4.78, 5) is 2.36. The van der Waals surface area contributed by atoms with Crippen LogP contribution in [-0.4, -0.2) is 35.8 Å². The molecular formula is C14H19Cl2N. The van der Waals surface area contributed by atoms with E-state index in [1.807, 2.05) is 0 Å². The van der Waals surface area contributed by atoms with Gasteiger partial charge in [0.05, 0.1) is 10.8 Å². The first-order valence-electron chi connectivity index (χ1n) is 6.38. The third-order valence-corrected chi connectivity index (χ3v) is 5.74. The van der Waals surface area contributed by atoms with Crippen LogP contribution in [0.3, 0.4) is 0 Å². The van der Waals surface area contributed by atoms with Crippen LogP contribution < -0.4 is 0 Å². The average molecular weight is 272 g/mol. The zero-order chi connectivity index (χ0) is 12.2. The summed E-state index contributed by atoms with van der Waals surface area (Å²) in [5.41, 5.74) is 1.89. The van der Waals surface area contributed by atoms with Crippen molar-refractivity contribution >= 4 is 23.2 Å². The molecule has 0 aromatic carbocycles. The normalized spacial score (nSPS) is 48.2. The van der Waals surface area contributed by atoms with E-state index in [1.165, 1.54) is 24.8 Å². The summed E-state index contributed by atoms with van der Waals surface area (Å²) >= 11 is 12.4. The Morgan fingerprint density at radius 2 is 2.00 bits per heavy atom. The molecule has 2 saturated carbocycles. The molecule has 0 radical (unpaired) electrons. The van der Waals surface area contributed by atoms with Gasteiger partial charge in [-0.25, -0.2) is 0 Å². The Bertz CT molecular complexity index is 388. The van der Waals surface area contributed by atoms with Gasteiger partial charge in [-0.3, -0.25) is 0 Å². The van der Waals surface area contributed by atoms with Crippen molar-refractivity contribution in [2.45, 2.75) is 36.1 Å². The molecule has 0 bridgehead atoms. The van der Waals surface area contributed by atoms with Gasteiger partial charge < -0.3 is 4.90 Å². The quantitative estimate of drug-likeness (QED) is 0.696. The minimum absolute atomic E-state index is 0.0364. The molecule has 94 valence electrons. The molecule has 0 N–H and O–H groups in total. The van der Waals surface area contributed by atoms with Gasteiger partial charge in [-0.15, -0.1) is 23.2 Å². The van der Waals surface area contributed by atoms with Crippen LogP contribution in [0, 0.1) is 11.3 Å². The maximum Gasteiger partial charge on any atom is 0.0721 e. The molecule has 17 heavy (non-hydrogen) atoms. The van der Waals surface area contributed by atoms with Crippen LogP contribution >= 0.6 is 23.2 Å². The molecule has 3 aliphatic rings. The van der Waals surface area contributed by atoms with Crippen molar-refractivity contribution in [3.63, 3.8) is 0 Å². The Kier molecular flexibility index (Phi) is 2.85. The van der Waals surface area contributed by atoms with Crippen LogP contribution in [0.1, 0.15) is 19.3 Å². The summed E-state index contributed by atoms with van der Waals surface area (Å²) in [5.74, 6) is 0.876. The van der Waals surface area contributed by atoms with Gasteiger partial charge in [0.2, 0.25) is 0 Å². The van der Waals surface area contributed by atoms with Crippen molar-refractivity contribution in [3.8, 4) is 0 Å². The number of hydrogen-bond acceptors (Lipinski definition) is 1. The highest BCUT2D eigenvalue weighted by Gasteiger charge is 2.61. The first kappa shape index (κ1) is 12.1. The Morgan fingerprint density at radius 1 is 1.24 bits per heavy atom. The molecule has 0 saturated heterocycles. The van der Waals surface area contributed by atoms with Gasteiger partial charge in [-0.2, -0.15) is 0 Å². The van der Waals surface area contributed by atoms with E-state index in [1.54, 1.807) is 0 Å². The molecule has 3 heteroatoms. The Labute approximate surface area is 113 Å². The SMILES string of the molecule is CN(C)C1CC2CC2(C2=CC(Cl)C(Cl)C=C2)C1. The predicted octanol–water partition coefficient (Wildman–Crippen LogP) is 3.43. The molecule has 3 rings (SSSR count). The fraction of sp³-hybridized carbons (Fsp3) is 0.714. The van der Waals surface area contributed by atoms with Gasteiger partial charge >= 0.3 is 0 Å². The fourth-order valence-corrected chi connectivity index (χ4v) is 3.95. The zero-order valence-electron chi connectivity index (χ0n) is 10.4. The van der Waals surface area contributed by atoms with Crippen LogP contribution in [0.25, 0.3) is 0 Å². The molecular weight excluding hydrogens is 253 g/mol. The van der Waals surface area contributed by atoms with E-state index in [9.17, 15) is 0 Å². The second-order valence-corrected chi connectivity index (χ2v) is 6.99. The monoisotopic (exact) mass is 271 g/mol. The summed E-state index contributed by atoms with van der Waals surface area (Å²) in [7, 11) is 4.38. The number of fused-ring (bicyclic) bond motifs is 1. The first-order valence-corrected chi connectivity index (χ1v) is 7.25. The lowest BCUT2D eigenvalue weighted by Crippen LogP contribution is -2.27. The van der Waals surface area contributed by atoms with Crippen LogP contribution in [0.4, 0.5) is 0 Å². The smallest absolute Gasteiger partial charge is 0.0721 e. The van der Waals surface area contributed by atoms with Gasteiger partial charge in [0, 0.05) is 6.04 Å². The van der Waals surface area contributed by atoms with Crippen LogP contribution in [0.15, 0.2) is 23.8 Å². The van der Waals surface area contributed by atoms with Gasteiger partial charge in [0.25, 0.3) is 0 Å². The van der Waals surface area contributed by atoms with Crippen molar-refractivity contribution in [3.05, 3.63) is 23.8 Å². The molecule has 5 atom stereocenters. The van der Waals surface area contributed by atoms with Crippen LogP contribution in [0.5, 0.6) is 0 Å². The van der Waals surface area contributed by atoms with Crippen LogP contribution in [0.2, 0.25) is 0 Å². The van der Waals surface area contributed by atoms with E-state index in [0.717, 1.165) is 12.0 Å². The first-order chi connectivity index (χ1) is 8.03. The highest BCUT2D eigenvalue weighted by atomic mass is 35.5. The predicted molar refractivity (Wildman–Crippen MR) is 73.8 cm³/mol. The Morgan fingerprint density at radius 3 is 2.59 bits per heavy atom. The second kappa shape index (κ2) is 4.01. The van der Waals surface area contributed by atoms with Gasteiger partial charge in [0.1, 0.15) is 0 Å². The van der Waals surface area contributed by atoms with Crippen LogP contribution in [-0.2, 0) is 0 Å². The van der Waals surface area contributed by atoms with E-state index >= 15 is 0 Å². The molecule has 3 aliphatic carbocycles. The Hall–Kier alpha value is 0.0200. The number of halogens is 2. The number of hydrogen-bond donors (Lipinski definition) is 0. The summed E-state index contributed by atoms with van der Waals surface area (Å²) < 4.78 is 0. The Balaban J connectivity index is 1.79. The molecule has 0 aromatic rings. The maximum absolute atomic E-state index is 6.25. The molecule has 0 heterocycles. The minimum atomic E-state index is -0.0416. The highest BCUT2D eigenvalue weighted by Crippen LogP contribution is 2.68. The molecule has 0 amide bonds. The topological polar surface area (TPSA) is 3.24 Å². The van der Waals surface area contributed by atoms with E-state index in [2.05, 4.69) is 37.2 Å². The number of nitrogens with zero attached hydrogens (tertiary/aromatic N) is 1. The van der Waals surface area contributed by atoms with Crippen molar-refractivity contribution in [2.24, 2.45) is 11.3 Å². The van der Waals surface area contributed by atoms with Crippen molar-refractivity contribution in [2.75, 3.05) is 14.1 Å². The number of alkyl halides is 2. The fourth-order valence-electron chi connectivity index (χ4n) is 3.59. The lowest BCUT2D eigenvalue weighted by atomic mass is 9.88. The summed E-state index contributed by atoms with van der Waals surface area (Å²) in [5, 5.41) is -0.0780. The standard InChI is InChI=1S/C14H19Cl2N/c1-17(2)11-5-10-7-14(10,8-11)9-3-4-12(15)13(16)6-9/h3-4,6,10-13H,5,7-8H2,1-2H3. The van der Waals surface area contributed by atoms with Gasteiger partial charge in [-0.05, 0) is 50.3 Å². The van der Waals surface area contributed by atoms with E-state index in [4.69, 9.17) is 23.2 Å². The summed E-state index contributed by atoms with van der Waals surface area (Å²) in [6.45, 7) is 0. The molecule has 1 nitrogen and oxygen atoms in total. The third kappa shape index (κ3) is 1.87. The van der Waals surface area contributed by atoms with Crippen molar-refractivity contribution in [1.29, 1.82) is 0 Å². The lowest BCUT2D eigenvalue weighted by Gasteiger charge is -2.25. The van der Waals surface area contributed by atoms with E-state index < -0.39 is 0 Å². The second-order valence-electron chi connectivity index (χ2n) is 5.98. The highest BCUT2D eigenvalue weighted by molar-refractivity contribution is 6.31. The summed E-state index contributed by atoms with van der Waals surface area (Å²) in [6.07, 6.45) is 10.4. The molecule has 0 aromatic heterocycles. The van der Waals surface area contributed by atoms with Gasteiger partial charge in [0.15, 0.2) is 0 Å². The largest absolute Gasteiger partial charge is 0.306 e. The molecule has 2 fully saturated rings. The number of rotatable bonds is 2.